The average molecular weight is 242 g/mol. The molecule has 1 aliphatic rings. The van der Waals surface area contributed by atoms with E-state index in [9.17, 15) is 4.79 Å². The van der Waals surface area contributed by atoms with E-state index in [0.29, 0.717) is 19.1 Å². The summed E-state index contributed by atoms with van der Waals surface area (Å²) in [5.41, 5.74) is 5.83. The van der Waals surface area contributed by atoms with Gasteiger partial charge in [-0.1, -0.05) is 13.8 Å². The molecule has 3 atom stereocenters. The van der Waals surface area contributed by atoms with Crippen LogP contribution in [0, 0.1) is 11.8 Å². The van der Waals surface area contributed by atoms with Crippen LogP contribution in [-0.2, 0) is 9.53 Å². The lowest BCUT2D eigenvalue weighted by molar-refractivity contribution is -0.126. The van der Waals surface area contributed by atoms with E-state index >= 15 is 0 Å². The summed E-state index contributed by atoms with van der Waals surface area (Å²) in [6.45, 7) is 7.45. The summed E-state index contributed by atoms with van der Waals surface area (Å²) in [5, 5.41) is 3.09. The van der Waals surface area contributed by atoms with Gasteiger partial charge >= 0.3 is 0 Å². The van der Waals surface area contributed by atoms with Crippen LogP contribution >= 0.6 is 0 Å². The number of hydrogen-bond acceptors (Lipinski definition) is 3. The number of carbonyl (C=O) groups excluding carboxylic acids is 1. The van der Waals surface area contributed by atoms with Gasteiger partial charge in [0.05, 0.1) is 12.6 Å². The molecule has 0 aromatic rings. The van der Waals surface area contributed by atoms with Gasteiger partial charge in [-0.2, -0.15) is 0 Å². The molecule has 1 fully saturated rings. The van der Waals surface area contributed by atoms with E-state index in [1.54, 1.807) is 0 Å². The Hall–Kier alpha value is -0.610. The fourth-order valence-corrected chi connectivity index (χ4v) is 2.20. The Kier molecular flexibility index (Phi) is 5.92. The predicted molar refractivity (Wildman–Crippen MR) is 68.6 cm³/mol. The minimum Gasteiger partial charge on any atom is -0.380 e. The second-order valence-corrected chi connectivity index (χ2v) is 5.29. The molecule has 4 nitrogen and oxygen atoms in total. The number of carbonyl (C=O) groups is 1. The molecule has 1 amide bonds. The van der Waals surface area contributed by atoms with Crippen LogP contribution in [0.3, 0.4) is 0 Å². The molecule has 0 radical (unpaired) electrons. The number of hydrogen-bond donors (Lipinski definition) is 2. The lowest BCUT2D eigenvalue weighted by Crippen LogP contribution is -2.44. The predicted octanol–water partition coefficient (Wildman–Crippen LogP) is 1.29. The molecule has 4 heteroatoms. The van der Waals surface area contributed by atoms with Crippen LogP contribution in [0.4, 0.5) is 0 Å². The van der Waals surface area contributed by atoms with E-state index in [-0.39, 0.29) is 23.9 Å². The minimum absolute atomic E-state index is 0.105. The van der Waals surface area contributed by atoms with Crippen molar-refractivity contribution >= 4 is 5.91 Å². The Morgan fingerprint density at radius 1 is 1.47 bits per heavy atom. The molecule has 1 rings (SSSR count). The Labute approximate surface area is 104 Å². The van der Waals surface area contributed by atoms with Gasteiger partial charge < -0.3 is 15.8 Å². The topological polar surface area (TPSA) is 64.3 Å². The molecule has 3 N–H and O–H groups in total. The van der Waals surface area contributed by atoms with Crippen molar-refractivity contribution in [3.63, 3.8) is 0 Å². The first-order valence-electron chi connectivity index (χ1n) is 6.68. The summed E-state index contributed by atoms with van der Waals surface area (Å²) in [4.78, 5) is 12.0. The summed E-state index contributed by atoms with van der Waals surface area (Å²) in [6, 6.07) is 0.314. The SMILES string of the molecule is CCOCC(NC(=O)C1CCC(N)C1)C(C)C. The Bertz CT molecular complexity index is 244. The third-order valence-corrected chi connectivity index (χ3v) is 3.48. The van der Waals surface area contributed by atoms with Crippen molar-refractivity contribution in [3.05, 3.63) is 0 Å². The molecular formula is C13H26N2O2. The van der Waals surface area contributed by atoms with Crippen molar-refractivity contribution in [3.8, 4) is 0 Å². The second-order valence-electron chi connectivity index (χ2n) is 5.29. The number of nitrogens with one attached hydrogen (secondary N) is 1. The van der Waals surface area contributed by atoms with Gasteiger partial charge in [0.15, 0.2) is 0 Å². The van der Waals surface area contributed by atoms with Crippen molar-refractivity contribution < 1.29 is 9.53 Å². The average Bonchev–Trinajstić information content (AvgIpc) is 2.70. The maximum absolute atomic E-state index is 12.0. The zero-order chi connectivity index (χ0) is 12.8. The monoisotopic (exact) mass is 242 g/mol. The van der Waals surface area contributed by atoms with E-state index in [1.807, 2.05) is 6.92 Å². The van der Waals surface area contributed by atoms with Crippen LogP contribution in [0.15, 0.2) is 0 Å². The van der Waals surface area contributed by atoms with Gasteiger partial charge in [-0.05, 0) is 32.1 Å². The molecule has 0 aliphatic heterocycles. The standard InChI is InChI=1S/C13H26N2O2/c1-4-17-8-12(9(2)3)15-13(16)10-5-6-11(14)7-10/h9-12H,4-8,14H2,1-3H3,(H,15,16). The first-order chi connectivity index (χ1) is 8.04. The smallest absolute Gasteiger partial charge is 0.223 e. The molecule has 0 bridgehead atoms. The molecule has 1 saturated carbocycles. The van der Waals surface area contributed by atoms with Crippen LogP contribution in [0.1, 0.15) is 40.0 Å². The fourth-order valence-electron chi connectivity index (χ4n) is 2.20. The van der Waals surface area contributed by atoms with Gasteiger partial charge in [-0.25, -0.2) is 0 Å². The molecule has 0 aromatic heterocycles. The van der Waals surface area contributed by atoms with Crippen LogP contribution in [0.5, 0.6) is 0 Å². The van der Waals surface area contributed by atoms with Gasteiger partial charge in [0.2, 0.25) is 5.91 Å². The molecule has 17 heavy (non-hydrogen) atoms. The highest BCUT2D eigenvalue weighted by molar-refractivity contribution is 5.79. The van der Waals surface area contributed by atoms with Gasteiger partial charge in [0.25, 0.3) is 0 Å². The van der Waals surface area contributed by atoms with E-state index < -0.39 is 0 Å². The Morgan fingerprint density at radius 3 is 2.65 bits per heavy atom. The molecular weight excluding hydrogens is 216 g/mol. The lowest BCUT2D eigenvalue weighted by atomic mass is 10.0. The maximum atomic E-state index is 12.0. The maximum Gasteiger partial charge on any atom is 0.223 e. The van der Waals surface area contributed by atoms with Crippen LogP contribution in [0.25, 0.3) is 0 Å². The number of ether oxygens (including phenoxy) is 1. The van der Waals surface area contributed by atoms with E-state index in [2.05, 4.69) is 19.2 Å². The number of amides is 1. The van der Waals surface area contributed by atoms with Gasteiger partial charge in [0.1, 0.15) is 0 Å². The van der Waals surface area contributed by atoms with Crippen LogP contribution in [-0.4, -0.2) is 31.2 Å². The summed E-state index contributed by atoms with van der Waals surface area (Å²) in [7, 11) is 0. The Morgan fingerprint density at radius 2 is 2.18 bits per heavy atom. The van der Waals surface area contributed by atoms with E-state index in [4.69, 9.17) is 10.5 Å². The minimum atomic E-state index is 0.105. The second kappa shape index (κ2) is 6.97. The van der Waals surface area contributed by atoms with Crippen LogP contribution < -0.4 is 11.1 Å². The van der Waals surface area contributed by atoms with Gasteiger partial charge in [-0.3, -0.25) is 4.79 Å². The third-order valence-electron chi connectivity index (χ3n) is 3.48. The molecule has 1 aliphatic carbocycles. The molecule has 100 valence electrons. The van der Waals surface area contributed by atoms with Gasteiger partial charge in [-0.15, -0.1) is 0 Å². The van der Waals surface area contributed by atoms with Crippen molar-refractivity contribution in [1.82, 2.24) is 5.32 Å². The highest BCUT2D eigenvalue weighted by Gasteiger charge is 2.29. The van der Waals surface area contributed by atoms with Crippen molar-refractivity contribution in [2.75, 3.05) is 13.2 Å². The summed E-state index contributed by atoms with van der Waals surface area (Å²) < 4.78 is 5.40. The van der Waals surface area contributed by atoms with Crippen molar-refractivity contribution in [1.29, 1.82) is 0 Å². The largest absolute Gasteiger partial charge is 0.380 e. The highest BCUT2D eigenvalue weighted by Crippen LogP contribution is 2.24. The fraction of sp³-hybridized carbons (Fsp3) is 0.923. The van der Waals surface area contributed by atoms with Crippen molar-refractivity contribution in [2.45, 2.75) is 52.1 Å². The van der Waals surface area contributed by atoms with Crippen molar-refractivity contribution in [2.24, 2.45) is 17.6 Å². The molecule has 0 spiro atoms. The highest BCUT2D eigenvalue weighted by atomic mass is 16.5. The van der Waals surface area contributed by atoms with Crippen LogP contribution in [0.2, 0.25) is 0 Å². The quantitative estimate of drug-likeness (QED) is 0.737. The molecule has 3 unspecified atom stereocenters. The van der Waals surface area contributed by atoms with E-state index in [0.717, 1.165) is 19.3 Å². The number of nitrogens with two attached hydrogens (primary N) is 1. The first kappa shape index (κ1) is 14.5. The molecule has 0 heterocycles. The van der Waals surface area contributed by atoms with Gasteiger partial charge in [0, 0.05) is 18.6 Å². The Balaban J connectivity index is 2.40. The normalized spacial score (nSPS) is 26.2. The number of rotatable bonds is 6. The zero-order valence-corrected chi connectivity index (χ0v) is 11.2. The summed E-state index contributed by atoms with van der Waals surface area (Å²) >= 11 is 0. The van der Waals surface area contributed by atoms with E-state index in [1.165, 1.54) is 0 Å². The zero-order valence-electron chi connectivity index (χ0n) is 11.2. The molecule has 0 saturated heterocycles. The lowest BCUT2D eigenvalue weighted by Gasteiger charge is -2.23. The third kappa shape index (κ3) is 4.64. The summed E-state index contributed by atoms with van der Waals surface area (Å²) in [6.07, 6.45) is 2.72. The first-order valence-corrected chi connectivity index (χ1v) is 6.68. The molecule has 0 aromatic carbocycles. The summed E-state index contributed by atoms with van der Waals surface area (Å²) in [5.74, 6) is 0.643.